The predicted octanol–water partition coefficient (Wildman–Crippen LogP) is 4.47. The first-order valence-corrected chi connectivity index (χ1v) is 10.6. The van der Waals surface area contributed by atoms with Crippen molar-refractivity contribution in [2.75, 3.05) is 11.1 Å². The van der Waals surface area contributed by atoms with Gasteiger partial charge in [0.2, 0.25) is 11.8 Å². The molecular weight excluding hydrogens is 374 g/mol. The number of amides is 1. The summed E-state index contributed by atoms with van der Waals surface area (Å²) in [5.41, 5.74) is 1.96. The van der Waals surface area contributed by atoms with Gasteiger partial charge in [-0.25, -0.2) is 0 Å². The fourth-order valence-corrected chi connectivity index (χ4v) is 3.67. The number of aryl methyl sites for hydroxylation is 1. The van der Waals surface area contributed by atoms with Gasteiger partial charge in [0, 0.05) is 11.7 Å². The lowest BCUT2D eigenvalue weighted by Crippen LogP contribution is -2.30. The average molecular weight is 404 g/mol. The number of aromatic hydroxyl groups is 1. The van der Waals surface area contributed by atoms with Gasteiger partial charge in [0.25, 0.3) is 5.56 Å². The lowest BCUT2D eigenvalue weighted by Gasteiger charge is -2.20. The number of aromatic nitrogens is 2. The van der Waals surface area contributed by atoms with Crippen LogP contribution in [0, 0.1) is 6.92 Å². The fraction of sp³-hybridized carbons (Fsp3) is 0.476. The third kappa shape index (κ3) is 5.16. The van der Waals surface area contributed by atoms with Gasteiger partial charge in [-0.2, -0.15) is 4.98 Å². The van der Waals surface area contributed by atoms with Crippen LogP contribution in [0.2, 0.25) is 0 Å². The molecule has 0 spiro atoms. The summed E-state index contributed by atoms with van der Waals surface area (Å²) in [4.78, 5) is 29.6. The van der Waals surface area contributed by atoms with Gasteiger partial charge in [0.05, 0.1) is 11.3 Å². The molecular formula is C21H29N3O3S. The van der Waals surface area contributed by atoms with Gasteiger partial charge in [-0.15, -0.1) is 0 Å². The first-order chi connectivity index (χ1) is 13.3. The SMILES string of the molecule is CCC(C)c1c(O)nc(SCC(=O)Nc2ccc(C)cc2)n(C(C)CC)c1=O. The standard InChI is InChI=1S/C21H29N3O3S/c1-6-14(4)18-19(26)23-21(24(20(18)27)15(5)7-2)28-12-17(25)22-16-10-8-13(3)9-11-16/h8-11,14-15,26H,6-7,12H2,1-5H3,(H,22,25). The molecule has 2 rings (SSSR count). The number of carbonyl (C=O) groups is 1. The minimum absolute atomic E-state index is 0.0777. The molecule has 2 aromatic rings. The number of benzene rings is 1. The molecule has 1 aromatic carbocycles. The highest BCUT2D eigenvalue weighted by Crippen LogP contribution is 2.28. The van der Waals surface area contributed by atoms with E-state index in [4.69, 9.17) is 0 Å². The van der Waals surface area contributed by atoms with Crippen LogP contribution in [0.15, 0.2) is 34.2 Å². The molecule has 6 nitrogen and oxygen atoms in total. The maximum Gasteiger partial charge on any atom is 0.261 e. The molecule has 152 valence electrons. The van der Waals surface area contributed by atoms with E-state index in [0.717, 1.165) is 35.9 Å². The van der Waals surface area contributed by atoms with Crippen LogP contribution in [0.4, 0.5) is 5.69 Å². The highest BCUT2D eigenvalue weighted by molar-refractivity contribution is 7.99. The highest BCUT2D eigenvalue weighted by atomic mass is 32.2. The topological polar surface area (TPSA) is 84.2 Å². The summed E-state index contributed by atoms with van der Waals surface area (Å²) < 4.78 is 1.60. The molecule has 2 unspecified atom stereocenters. The van der Waals surface area contributed by atoms with Crippen molar-refractivity contribution in [3.8, 4) is 5.88 Å². The molecule has 28 heavy (non-hydrogen) atoms. The van der Waals surface area contributed by atoms with Crippen LogP contribution in [0.5, 0.6) is 5.88 Å². The molecule has 0 radical (unpaired) electrons. The number of carbonyl (C=O) groups excluding carboxylic acids is 1. The normalized spacial score (nSPS) is 13.2. The Hall–Kier alpha value is -2.28. The zero-order valence-electron chi connectivity index (χ0n) is 17.2. The summed E-state index contributed by atoms with van der Waals surface area (Å²) >= 11 is 1.16. The second-order valence-corrected chi connectivity index (χ2v) is 8.02. The maximum atomic E-state index is 13.0. The summed E-state index contributed by atoms with van der Waals surface area (Å²) in [7, 11) is 0. The fourth-order valence-electron chi connectivity index (χ4n) is 2.79. The van der Waals surface area contributed by atoms with Crippen LogP contribution in [0.3, 0.4) is 0 Å². The van der Waals surface area contributed by atoms with Gasteiger partial charge in [-0.1, -0.05) is 50.2 Å². The van der Waals surface area contributed by atoms with E-state index in [9.17, 15) is 14.7 Å². The van der Waals surface area contributed by atoms with E-state index in [0.29, 0.717) is 10.7 Å². The minimum Gasteiger partial charge on any atom is -0.493 e. The first kappa shape index (κ1) is 22.0. The maximum absolute atomic E-state index is 13.0. The Balaban J connectivity index is 2.25. The molecule has 0 bridgehead atoms. The number of hydrogen-bond donors (Lipinski definition) is 2. The van der Waals surface area contributed by atoms with Gasteiger partial charge < -0.3 is 10.4 Å². The smallest absolute Gasteiger partial charge is 0.261 e. The summed E-state index contributed by atoms with van der Waals surface area (Å²) in [6.45, 7) is 9.79. The Morgan fingerprint density at radius 1 is 1.21 bits per heavy atom. The molecule has 1 amide bonds. The number of hydrogen-bond acceptors (Lipinski definition) is 5. The molecule has 0 fully saturated rings. The Kier molecular flexibility index (Phi) is 7.69. The van der Waals surface area contributed by atoms with E-state index in [1.165, 1.54) is 0 Å². The number of thioether (sulfide) groups is 1. The average Bonchev–Trinajstić information content (AvgIpc) is 2.67. The highest BCUT2D eigenvalue weighted by Gasteiger charge is 2.23. The van der Waals surface area contributed by atoms with E-state index in [1.807, 2.05) is 58.9 Å². The second kappa shape index (κ2) is 9.78. The second-order valence-electron chi connectivity index (χ2n) is 7.08. The molecule has 0 aliphatic heterocycles. The lowest BCUT2D eigenvalue weighted by atomic mass is 10.0. The summed E-state index contributed by atoms with van der Waals surface area (Å²) in [5.74, 6) is -0.414. The number of nitrogens with zero attached hydrogens (tertiary/aromatic N) is 2. The molecule has 1 heterocycles. The third-order valence-electron chi connectivity index (χ3n) is 4.90. The summed E-state index contributed by atoms with van der Waals surface area (Å²) in [5, 5.41) is 13.5. The van der Waals surface area contributed by atoms with Crippen molar-refractivity contribution in [2.24, 2.45) is 0 Å². The monoisotopic (exact) mass is 403 g/mol. The molecule has 2 N–H and O–H groups in total. The van der Waals surface area contributed by atoms with Crippen molar-refractivity contribution < 1.29 is 9.90 Å². The Morgan fingerprint density at radius 3 is 2.43 bits per heavy atom. The summed E-state index contributed by atoms with van der Waals surface area (Å²) in [6, 6.07) is 7.47. The zero-order chi connectivity index (χ0) is 20.8. The van der Waals surface area contributed by atoms with Crippen LogP contribution >= 0.6 is 11.8 Å². The summed E-state index contributed by atoms with van der Waals surface area (Å²) in [6.07, 6.45) is 1.48. The Bertz CT molecular complexity index is 878. The number of nitrogens with one attached hydrogen (secondary N) is 1. The van der Waals surface area contributed by atoms with Crippen LogP contribution < -0.4 is 10.9 Å². The lowest BCUT2D eigenvalue weighted by molar-refractivity contribution is -0.113. The Labute approximate surface area is 170 Å². The van der Waals surface area contributed by atoms with Gasteiger partial charge >= 0.3 is 0 Å². The van der Waals surface area contributed by atoms with Crippen molar-refractivity contribution in [1.29, 1.82) is 0 Å². The zero-order valence-corrected chi connectivity index (χ0v) is 18.0. The molecule has 7 heteroatoms. The molecule has 2 atom stereocenters. The third-order valence-corrected chi connectivity index (χ3v) is 5.85. The molecule has 1 aromatic heterocycles. The molecule has 0 saturated heterocycles. The van der Waals surface area contributed by atoms with Crippen LogP contribution in [-0.4, -0.2) is 26.3 Å². The van der Waals surface area contributed by atoms with Crippen molar-refractivity contribution >= 4 is 23.4 Å². The van der Waals surface area contributed by atoms with Crippen molar-refractivity contribution in [1.82, 2.24) is 9.55 Å². The van der Waals surface area contributed by atoms with Crippen molar-refractivity contribution in [3.05, 3.63) is 45.7 Å². The van der Waals surface area contributed by atoms with Gasteiger partial charge in [0.1, 0.15) is 0 Å². The van der Waals surface area contributed by atoms with Crippen molar-refractivity contribution in [2.45, 2.75) is 64.6 Å². The van der Waals surface area contributed by atoms with E-state index in [2.05, 4.69) is 10.3 Å². The predicted molar refractivity (Wildman–Crippen MR) is 114 cm³/mol. The van der Waals surface area contributed by atoms with Crippen LogP contribution in [0.25, 0.3) is 0 Å². The van der Waals surface area contributed by atoms with Crippen LogP contribution in [0.1, 0.15) is 63.6 Å². The molecule has 0 aliphatic rings. The Morgan fingerprint density at radius 2 is 1.86 bits per heavy atom. The van der Waals surface area contributed by atoms with Gasteiger partial charge in [-0.05, 0) is 44.7 Å². The van der Waals surface area contributed by atoms with E-state index in [-0.39, 0.29) is 35.1 Å². The van der Waals surface area contributed by atoms with E-state index >= 15 is 0 Å². The largest absolute Gasteiger partial charge is 0.493 e. The molecule has 0 saturated carbocycles. The minimum atomic E-state index is -0.236. The van der Waals surface area contributed by atoms with Crippen LogP contribution in [-0.2, 0) is 4.79 Å². The number of rotatable bonds is 8. The molecule has 0 aliphatic carbocycles. The van der Waals surface area contributed by atoms with Crippen molar-refractivity contribution in [3.63, 3.8) is 0 Å². The van der Waals surface area contributed by atoms with E-state index in [1.54, 1.807) is 4.57 Å². The van der Waals surface area contributed by atoms with Gasteiger partial charge in [0.15, 0.2) is 5.16 Å². The number of anilines is 1. The van der Waals surface area contributed by atoms with Gasteiger partial charge in [-0.3, -0.25) is 14.2 Å². The quantitative estimate of drug-likeness (QED) is 0.502. The van der Waals surface area contributed by atoms with E-state index < -0.39 is 0 Å². The first-order valence-electron chi connectivity index (χ1n) is 9.63.